The van der Waals surface area contributed by atoms with Gasteiger partial charge in [-0.15, -0.1) is 0 Å². The maximum atomic E-state index is 6.54. The van der Waals surface area contributed by atoms with Gasteiger partial charge in [0.1, 0.15) is 26.4 Å². The van der Waals surface area contributed by atoms with Crippen LogP contribution in [0.1, 0.15) is 45.0 Å². The Kier molecular flexibility index (Phi) is 11.9. The van der Waals surface area contributed by atoms with Gasteiger partial charge in [-0.3, -0.25) is 0 Å². The number of aromatic nitrogens is 4. The zero-order chi connectivity index (χ0) is 45.5. The van der Waals surface area contributed by atoms with Gasteiger partial charge in [0.15, 0.2) is 23.0 Å². The molecule has 8 bridgehead atoms. The van der Waals surface area contributed by atoms with E-state index in [2.05, 4.69) is 131 Å². The van der Waals surface area contributed by atoms with Crippen LogP contribution in [0.15, 0.2) is 194 Å². The predicted octanol–water partition coefficient (Wildman–Crippen LogP) is 14.3. The lowest BCUT2D eigenvalue weighted by Crippen LogP contribution is -2.01. The fraction of sp³-hybridized carbons (Fsp3) is 0.0667. The van der Waals surface area contributed by atoms with E-state index in [0.29, 0.717) is 49.4 Å². The Morgan fingerprint density at radius 1 is 0.324 bits per heavy atom. The van der Waals surface area contributed by atoms with Crippen LogP contribution in [0.25, 0.3) is 68.6 Å². The van der Waals surface area contributed by atoms with Crippen LogP contribution >= 0.6 is 0 Å². The molecule has 68 heavy (non-hydrogen) atoms. The van der Waals surface area contributed by atoms with E-state index in [4.69, 9.17) is 28.9 Å². The van der Waals surface area contributed by atoms with Crippen LogP contribution in [0.4, 0.5) is 0 Å². The van der Waals surface area contributed by atoms with E-state index in [0.717, 1.165) is 89.4 Å². The maximum Gasteiger partial charge on any atom is 0.162 e. The van der Waals surface area contributed by atoms with Gasteiger partial charge in [-0.1, -0.05) is 133 Å². The molecule has 11 rings (SSSR count). The van der Waals surface area contributed by atoms with E-state index in [1.165, 1.54) is 0 Å². The third kappa shape index (κ3) is 9.57. The zero-order valence-corrected chi connectivity index (χ0v) is 37.1. The molecule has 2 N–H and O–H groups in total. The van der Waals surface area contributed by atoms with Crippen LogP contribution in [-0.2, 0) is 26.4 Å². The van der Waals surface area contributed by atoms with Crippen LogP contribution in [-0.4, -0.2) is 19.9 Å². The first kappa shape index (κ1) is 41.8. The van der Waals surface area contributed by atoms with Crippen molar-refractivity contribution in [3.8, 4) is 45.3 Å². The summed E-state index contributed by atoms with van der Waals surface area (Å²) in [5, 5.41) is 0. The smallest absolute Gasteiger partial charge is 0.162 e. The molecule has 0 spiro atoms. The van der Waals surface area contributed by atoms with Gasteiger partial charge >= 0.3 is 0 Å². The van der Waals surface area contributed by atoms with Crippen LogP contribution in [0.2, 0.25) is 0 Å². The Balaban J connectivity index is 1.01. The Morgan fingerprint density at radius 3 is 1.04 bits per heavy atom. The van der Waals surface area contributed by atoms with Crippen molar-refractivity contribution in [2.75, 3.05) is 0 Å². The van der Waals surface area contributed by atoms with Gasteiger partial charge < -0.3 is 28.9 Å². The van der Waals surface area contributed by atoms with Crippen LogP contribution in [0.5, 0.6) is 23.0 Å². The van der Waals surface area contributed by atoms with Gasteiger partial charge in [-0.25, -0.2) is 9.97 Å². The normalized spacial score (nSPS) is 11.6. The van der Waals surface area contributed by atoms with Crippen molar-refractivity contribution in [2.45, 2.75) is 26.4 Å². The molecule has 8 nitrogen and oxygen atoms in total. The van der Waals surface area contributed by atoms with Gasteiger partial charge in [0, 0.05) is 33.2 Å². The summed E-state index contributed by atoms with van der Waals surface area (Å²) in [5.74, 6) is 2.60. The highest BCUT2D eigenvalue weighted by molar-refractivity contribution is 5.93. The van der Waals surface area contributed by atoms with Gasteiger partial charge in [0.05, 0.1) is 22.8 Å². The van der Waals surface area contributed by atoms with Crippen molar-refractivity contribution in [3.63, 3.8) is 0 Å². The van der Waals surface area contributed by atoms with Crippen molar-refractivity contribution in [2.24, 2.45) is 0 Å². The zero-order valence-electron chi connectivity index (χ0n) is 37.1. The number of hydrogen-bond acceptors (Lipinski definition) is 6. The molecule has 0 unspecified atom stereocenters. The largest absolute Gasteiger partial charge is 0.485 e. The molecule has 6 aromatic carbocycles. The topological polar surface area (TPSA) is 94.3 Å². The first-order chi connectivity index (χ1) is 33.6. The second-order valence-electron chi connectivity index (χ2n) is 16.6. The highest BCUT2D eigenvalue weighted by Crippen LogP contribution is 2.39. The van der Waals surface area contributed by atoms with Crippen molar-refractivity contribution in [3.05, 3.63) is 239 Å². The van der Waals surface area contributed by atoms with Gasteiger partial charge in [0.25, 0.3) is 0 Å². The summed E-state index contributed by atoms with van der Waals surface area (Å²) < 4.78 is 25.9. The minimum absolute atomic E-state index is 0.389. The number of nitrogens with one attached hydrogen (secondary N) is 2. The maximum absolute atomic E-state index is 6.54. The quantitative estimate of drug-likeness (QED) is 0.113. The summed E-state index contributed by atoms with van der Waals surface area (Å²) in [6, 6.07) is 65.3. The molecule has 0 saturated heterocycles. The monoisotopic (exact) mass is 886 g/mol. The highest BCUT2D eigenvalue weighted by Gasteiger charge is 2.18. The second-order valence-corrected chi connectivity index (χ2v) is 16.6. The first-order valence-corrected chi connectivity index (χ1v) is 22.7. The predicted molar refractivity (Wildman–Crippen MR) is 273 cm³/mol. The summed E-state index contributed by atoms with van der Waals surface area (Å²) in [6.07, 6.45) is 8.23. The number of benzene rings is 6. The minimum atomic E-state index is 0.389. The molecule has 2 aliphatic heterocycles. The molecule has 3 aromatic heterocycles. The van der Waals surface area contributed by atoms with E-state index in [-0.39, 0.29) is 0 Å². The molecule has 5 heterocycles. The van der Waals surface area contributed by atoms with E-state index >= 15 is 0 Å². The van der Waals surface area contributed by atoms with E-state index in [1.807, 2.05) is 97.1 Å². The molecule has 9 aromatic rings. The lowest BCUT2D eigenvalue weighted by Gasteiger charge is -2.15. The SMILES string of the molecule is C1=Cc2nc1cc1ccc([nH]1)c(-c1ccc(OCc3ccccc3)c(OCc3ccccc3)c1)c1nc(cc3ccc([nH]3)c2-c2ccc(OCc3ccccc3)c(OCc3ccccc3)c2)C=C1. The molecule has 0 aliphatic carbocycles. The molecule has 0 atom stereocenters. The van der Waals surface area contributed by atoms with Crippen LogP contribution in [0.3, 0.4) is 0 Å². The van der Waals surface area contributed by atoms with E-state index in [9.17, 15) is 0 Å². The molecule has 0 fully saturated rings. The Morgan fingerprint density at radius 2 is 0.676 bits per heavy atom. The van der Waals surface area contributed by atoms with Crippen molar-refractivity contribution >= 4 is 46.4 Å². The van der Waals surface area contributed by atoms with Crippen molar-refractivity contribution < 1.29 is 18.9 Å². The molecule has 0 radical (unpaired) electrons. The number of rotatable bonds is 14. The van der Waals surface area contributed by atoms with Crippen LogP contribution < -0.4 is 18.9 Å². The third-order valence-corrected chi connectivity index (χ3v) is 11.8. The van der Waals surface area contributed by atoms with Crippen molar-refractivity contribution in [1.29, 1.82) is 0 Å². The van der Waals surface area contributed by atoms with Crippen LogP contribution in [0, 0.1) is 0 Å². The number of nitrogens with zero attached hydrogens (tertiary/aromatic N) is 2. The Labute approximate surface area is 394 Å². The third-order valence-electron chi connectivity index (χ3n) is 11.8. The standard InChI is InChI=1S/C60H46N4O4/c1-5-13-41(14-6-1)37-65-55-31-21-45(33-57(55)67-39-43-17-9-3-10-18-43)59-51-27-23-47(61-51)35-49-25-29-53(63-49)60(54-30-26-50(64-54)36-48-24-28-52(59)62-48)46-22-32-56(66-38-42-15-7-2-8-16-42)58(34-46)68-40-44-19-11-4-12-20-44/h1-36,61,64H,37-40H2. The number of hydrogen-bond donors (Lipinski definition) is 2. The highest BCUT2D eigenvalue weighted by atomic mass is 16.5. The Hall–Kier alpha value is -8.88. The lowest BCUT2D eigenvalue weighted by atomic mass is 10.0. The summed E-state index contributed by atoms with van der Waals surface area (Å²) in [6.45, 7) is 1.60. The van der Waals surface area contributed by atoms with Gasteiger partial charge in [-0.05, 0) is 118 Å². The average Bonchev–Trinajstić information content (AvgIpc) is 4.24. The molecule has 0 amide bonds. The molecular formula is C60H46N4O4. The minimum Gasteiger partial charge on any atom is -0.485 e. The molecule has 8 heteroatoms. The number of aromatic amines is 2. The number of H-pyrrole nitrogens is 2. The van der Waals surface area contributed by atoms with E-state index in [1.54, 1.807) is 0 Å². The Bertz CT molecular complexity index is 3220. The van der Waals surface area contributed by atoms with Crippen molar-refractivity contribution in [1.82, 2.24) is 19.9 Å². The summed E-state index contributed by atoms with van der Waals surface area (Å²) in [7, 11) is 0. The first-order valence-electron chi connectivity index (χ1n) is 22.7. The fourth-order valence-corrected chi connectivity index (χ4v) is 8.41. The molecule has 0 saturated carbocycles. The average molecular weight is 887 g/mol. The lowest BCUT2D eigenvalue weighted by molar-refractivity contribution is 0.256. The molecule has 330 valence electrons. The number of ether oxygens (including phenoxy) is 4. The van der Waals surface area contributed by atoms with E-state index < -0.39 is 0 Å². The summed E-state index contributed by atoms with van der Waals surface area (Å²) in [4.78, 5) is 17.8. The molecule has 2 aliphatic rings. The summed E-state index contributed by atoms with van der Waals surface area (Å²) >= 11 is 0. The van der Waals surface area contributed by atoms with Gasteiger partial charge in [0.2, 0.25) is 0 Å². The summed E-state index contributed by atoms with van der Waals surface area (Å²) in [5.41, 5.74) is 14.8. The molecular weight excluding hydrogens is 841 g/mol. The van der Waals surface area contributed by atoms with Gasteiger partial charge in [-0.2, -0.15) is 0 Å². The number of fused-ring (bicyclic) bond motifs is 8. The fourth-order valence-electron chi connectivity index (χ4n) is 8.41. The second kappa shape index (κ2) is 19.3.